The molecule has 0 bridgehead atoms. The summed E-state index contributed by atoms with van der Waals surface area (Å²) in [7, 11) is 0. The lowest BCUT2D eigenvalue weighted by Crippen LogP contribution is -2.50. The van der Waals surface area contributed by atoms with E-state index >= 15 is 0 Å². The fourth-order valence-electron chi connectivity index (χ4n) is 1.55. The van der Waals surface area contributed by atoms with Crippen LogP contribution < -0.4 is 5.32 Å². The van der Waals surface area contributed by atoms with E-state index in [1.54, 1.807) is 0 Å². The predicted molar refractivity (Wildman–Crippen MR) is 48.7 cm³/mol. The molecule has 13 heavy (non-hydrogen) atoms. The van der Waals surface area contributed by atoms with Crippen molar-refractivity contribution < 1.29 is 14.6 Å². The van der Waals surface area contributed by atoms with E-state index in [-0.39, 0.29) is 0 Å². The summed E-state index contributed by atoms with van der Waals surface area (Å²) in [4.78, 5) is 11.0. The number of aliphatic carboxylic acids is 1. The SMILES string of the molecule is CCCOC1(C(=O)O)CCNCC1. The number of carboxylic acids is 1. The third-order valence-corrected chi connectivity index (χ3v) is 2.38. The zero-order valence-corrected chi connectivity index (χ0v) is 8.01. The molecule has 0 aromatic heterocycles. The molecular weight excluding hydrogens is 170 g/mol. The van der Waals surface area contributed by atoms with Gasteiger partial charge in [-0.1, -0.05) is 6.92 Å². The van der Waals surface area contributed by atoms with Crippen molar-refractivity contribution in [1.82, 2.24) is 5.32 Å². The fraction of sp³-hybridized carbons (Fsp3) is 0.889. The van der Waals surface area contributed by atoms with Crippen LogP contribution in [0.2, 0.25) is 0 Å². The molecule has 0 amide bonds. The van der Waals surface area contributed by atoms with Gasteiger partial charge in [-0.3, -0.25) is 0 Å². The van der Waals surface area contributed by atoms with Crippen LogP contribution in [0.5, 0.6) is 0 Å². The van der Waals surface area contributed by atoms with Gasteiger partial charge in [-0.2, -0.15) is 0 Å². The standard InChI is InChI=1S/C9H17NO3/c1-2-7-13-9(8(11)12)3-5-10-6-4-9/h10H,2-7H2,1H3,(H,11,12). The van der Waals surface area contributed by atoms with Gasteiger partial charge in [0.2, 0.25) is 0 Å². The minimum Gasteiger partial charge on any atom is -0.479 e. The third-order valence-electron chi connectivity index (χ3n) is 2.38. The molecule has 1 saturated heterocycles. The largest absolute Gasteiger partial charge is 0.479 e. The Morgan fingerprint density at radius 3 is 2.62 bits per heavy atom. The highest BCUT2D eigenvalue weighted by Gasteiger charge is 2.40. The van der Waals surface area contributed by atoms with Crippen LogP contribution in [0.1, 0.15) is 26.2 Å². The van der Waals surface area contributed by atoms with E-state index in [1.165, 1.54) is 0 Å². The molecule has 1 aliphatic heterocycles. The topological polar surface area (TPSA) is 58.6 Å². The van der Waals surface area contributed by atoms with Crippen LogP contribution in [-0.2, 0) is 9.53 Å². The van der Waals surface area contributed by atoms with Crippen LogP contribution in [0.3, 0.4) is 0 Å². The molecule has 1 aliphatic rings. The summed E-state index contributed by atoms with van der Waals surface area (Å²) < 4.78 is 5.44. The van der Waals surface area contributed by atoms with Crippen molar-refractivity contribution in [3.63, 3.8) is 0 Å². The van der Waals surface area contributed by atoms with Gasteiger partial charge in [0.25, 0.3) is 0 Å². The number of carbonyl (C=O) groups is 1. The van der Waals surface area contributed by atoms with Gasteiger partial charge in [0.15, 0.2) is 5.60 Å². The Morgan fingerprint density at radius 2 is 2.15 bits per heavy atom. The fourth-order valence-corrected chi connectivity index (χ4v) is 1.55. The molecule has 76 valence electrons. The lowest BCUT2D eigenvalue weighted by atomic mass is 9.92. The van der Waals surface area contributed by atoms with E-state index in [0.29, 0.717) is 19.4 Å². The van der Waals surface area contributed by atoms with Crippen LogP contribution in [0.15, 0.2) is 0 Å². The Kier molecular flexibility index (Phi) is 3.69. The Morgan fingerprint density at radius 1 is 1.54 bits per heavy atom. The van der Waals surface area contributed by atoms with Gasteiger partial charge < -0.3 is 15.2 Å². The van der Waals surface area contributed by atoms with E-state index < -0.39 is 11.6 Å². The molecule has 0 saturated carbocycles. The van der Waals surface area contributed by atoms with Crippen molar-refractivity contribution in [2.75, 3.05) is 19.7 Å². The molecule has 1 rings (SSSR count). The summed E-state index contributed by atoms with van der Waals surface area (Å²) in [5.74, 6) is -0.817. The van der Waals surface area contributed by atoms with Crippen LogP contribution >= 0.6 is 0 Å². The van der Waals surface area contributed by atoms with E-state index in [9.17, 15) is 4.79 Å². The van der Waals surface area contributed by atoms with Crippen molar-refractivity contribution in [2.24, 2.45) is 0 Å². The number of rotatable bonds is 4. The molecule has 4 nitrogen and oxygen atoms in total. The molecular formula is C9H17NO3. The molecule has 0 aromatic rings. The normalized spacial score (nSPS) is 21.3. The highest BCUT2D eigenvalue weighted by molar-refractivity contribution is 5.77. The second-order valence-electron chi connectivity index (χ2n) is 3.40. The summed E-state index contributed by atoms with van der Waals surface area (Å²) in [5, 5.41) is 12.2. The number of hydrogen-bond acceptors (Lipinski definition) is 3. The van der Waals surface area contributed by atoms with Gasteiger partial charge in [-0.15, -0.1) is 0 Å². The van der Waals surface area contributed by atoms with Crippen molar-refractivity contribution >= 4 is 5.97 Å². The average molecular weight is 187 g/mol. The molecule has 0 unspecified atom stereocenters. The number of hydrogen-bond donors (Lipinski definition) is 2. The maximum atomic E-state index is 11.0. The minimum absolute atomic E-state index is 0.534. The Balaban J connectivity index is 2.56. The zero-order valence-electron chi connectivity index (χ0n) is 8.01. The lowest BCUT2D eigenvalue weighted by molar-refractivity contribution is -0.169. The molecule has 4 heteroatoms. The van der Waals surface area contributed by atoms with Gasteiger partial charge >= 0.3 is 5.97 Å². The molecule has 0 aromatic carbocycles. The predicted octanol–water partition coefficient (Wildman–Crippen LogP) is 0.620. The van der Waals surface area contributed by atoms with Crippen LogP contribution in [0.25, 0.3) is 0 Å². The first-order chi connectivity index (χ1) is 6.21. The summed E-state index contributed by atoms with van der Waals surface area (Å²) in [6.45, 7) is 3.98. The van der Waals surface area contributed by atoms with Crippen molar-refractivity contribution in [3.8, 4) is 0 Å². The van der Waals surface area contributed by atoms with Crippen LogP contribution in [-0.4, -0.2) is 36.4 Å². The monoisotopic (exact) mass is 187 g/mol. The van der Waals surface area contributed by atoms with Gasteiger partial charge in [0, 0.05) is 6.61 Å². The summed E-state index contributed by atoms with van der Waals surface area (Å²) >= 11 is 0. The van der Waals surface area contributed by atoms with E-state index in [0.717, 1.165) is 19.5 Å². The first kappa shape index (κ1) is 10.5. The maximum absolute atomic E-state index is 11.0. The molecule has 0 spiro atoms. The van der Waals surface area contributed by atoms with Crippen LogP contribution in [0, 0.1) is 0 Å². The molecule has 2 N–H and O–H groups in total. The van der Waals surface area contributed by atoms with Crippen molar-refractivity contribution in [3.05, 3.63) is 0 Å². The summed E-state index contributed by atoms with van der Waals surface area (Å²) in [6, 6.07) is 0. The first-order valence-corrected chi connectivity index (χ1v) is 4.79. The molecule has 0 radical (unpaired) electrons. The van der Waals surface area contributed by atoms with Gasteiger partial charge in [-0.25, -0.2) is 4.79 Å². The number of piperidine rings is 1. The smallest absolute Gasteiger partial charge is 0.336 e. The van der Waals surface area contributed by atoms with Crippen molar-refractivity contribution in [2.45, 2.75) is 31.8 Å². The van der Waals surface area contributed by atoms with E-state index in [4.69, 9.17) is 9.84 Å². The van der Waals surface area contributed by atoms with Crippen LogP contribution in [0.4, 0.5) is 0 Å². The number of carboxylic acid groups (broad SMARTS) is 1. The molecule has 1 heterocycles. The number of nitrogens with one attached hydrogen (secondary N) is 1. The van der Waals surface area contributed by atoms with Gasteiger partial charge in [0.05, 0.1) is 0 Å². The Bertz CT molecular complexity index is 176. The second-order valence-corrected chi connectivity index (χ2v) is 3.40. The maximum Gasteiger partial charge on any atom is 0.336 e. The third kappa shape index (κ3) is 2.42. The Labute approximate surface area is 78.3 Å². The summed E-state index contributed by atoms with van der Waals surface area (Å²) in [6.07, 6.45) is 2.01. The van der Waals surface area contributed by atoms with Gasteiger partial charge in [0.1, 0.15) is 0 Å². The highest BCUT2D eigenvalue weighted by atomic mass is 16.5. The van der Waals surface area contributed by atoms with Gasteiger partial charge in [-0.05, 0) is 32.4 Å². The zero-order chi connectivity index (χ0) is 9.73. The average Bonchev–Trinajstić information content (AvgIpc) is 2.16. The van der Waals surface area contributed by atoms with Crippen molar-refractivity contribution in [1.29, 1.82) is 0 Å². The Hall–Kier alpha value is -0.610. The number of ether oxygens (including phenoxy) is 1. The quantitative estimate of drug-likeness (QED) is 0.677. The second kappa shape index (κ2) is 4.58. The molecule has 0 atom stereocenters. The molecule has 1 fully saturated rings. The molecule has 0 aliphatic carbocycles. The minimum atomic E-state index is -0.915. The first-order valence-electron chi connectivity index (χ1n) is 4.79. The van der Waals surface area contributed by atoms with E-state index in [1.807, 2.05) is 6.92 Å². The highest BCUT2D eigenvalue weighted by Crippen LogP contribution is 2.23. The summed E-state index contributed by atoms with van der Waals surface area (Å²) in [5.41, 5.74) is -0.915. The lowest BCUT2D eigenvalue weighted by Gasteiger charge is -2.33. The van der Waals surface area contributed by atoms with E-state index in [2.05, 4.69) is 5.32 Å².